The Balaban J connectivity index is 0.00000361. The van der Waals surface area contributed by atoms with Crippen molar-refractivity contribution in [2.45, 2.75) is 24.8 Å². The van der Waals surface area contributed by atoms with Gasteiger partial charge in [-0.05, 0) is 38.1 Å². The Morgan fingerprint density at radius 2 is 1.78 bits per heavy atom. The number of aromatic nitrogens is 1. The van der Waals surface area contributed by atoms with Crippen LogP contribution in [0.1, 0.15) is 13.8 Å². The molecular weight excluding hydrogens is 500 g/mol. The van der Waals surface area contributed by atoms with Crippen molar-refractivity contribution in [1.29, 1.82) is 0 Å². The maximum absolute atomic E-state index is 12.9. The zero-order valence-corrected chi connectivity index (χ0v) is 22.2. The van der Waals surface area contributed by atoms with Gasteiger partial charge in [-0.25, -0.2) is 18.1 Å². The van der Waals surface area contributed by atoms with Crippen LogP contribution >= 0.6 is 12.4 Å². The molecule has 194 valence electrons. The zero-order valence-electron chi connectivity index (χ0n) is 20.6. The van der Waals surface area contributed by atoms with Crippen molar-refractivity contribution in [2.75, 3.05) is 49.2 Å². The first kappa shape index (κ1) is 27.5. The molecule has 5 N–H and O–H groups in total. The fourth-order valence-electron chi connectivity index (χ4n) is 4.13. The van der Waals surface area contributed by atoms with Crippen molar-refractivity contribution in [3.63, 3.8) is 0 Å². The topological polar surface area (TPSA) is 122 Å². The third-order valence-corrected chi connectivity index (χ3v) is 7.44. The highest BCUT2D eigenvalue weighted by Gasteiger charge is 2.21. The summed E-state index contributed by atoms with van der Waals surface area (Å²) < 4.78 is 34.3. The number of para-hydroxylation sites is 1. The van der Waals surface area contributed by atoms with Crippen molar-refractivity contribution in [3.8, 4) is 16.9 Å². The van der Waals surface area contributed by atoms with E-state index in [4.69, 9.17) is 10.5 Å². The largest absolute Gasteiger partial charge is 0.496 e. The summed E-state index contributed by atoms with van der Waals surface area (Å²) in [6.07, 6.45) is 1.67. The molecule has 1 saturated heterocycles. The van der Waals surface area contributed by atoms with Gasteiger partial charge in [0.1, 0.15) is 16.5 Å². The average Bonchev–Trinajstić information content (AvgIpc) is 2.84. The van der Waals surface area contributed by atoms with Gasteiger partial charge in [-0.15, -0.1) is 12.4 Å². The number of benzene rings is 2. The number of nitrogen functional groups attached to an aromatic ring is 1. The highest BCUT2D eigenvalue weighted by molar-refractivity contribution is 7.89. The van der Waals surface area contributed by atoms with Gasteiger partial charge in [-0.2, -0.15) is 0 Å². The second kappa shape index (κ2) is 11.8. The Bertz CT molecular complexity index is 1300. The monoisotopic (exact) mass is 532 g/mol. The van der Waals surface area contributed by atoms with E-state index in [0.717, 1.165) is 43.0 Å². The molecule has 1 aliphatic rings. The maximum atomic E-state index is 12.9. The van der Waals surface area contributed by atoms with E-state index < -0.39 is 10.0 Å². The lowest BCUT2D eigenvalue weighted by Gasteiger charge is -2.30. The summed E-state index contributed by atoms with van der Waals surface area (Å²) >= 11 is 0. The molecule has 2 heterocycles. The number of methoxy groups -OCH3 is 1. The minimum absolute atomic E-state index is 0. The van der Waals surface area contributed by atoms with Gasteiger partial charge < -0.3 is 26.0 Å². The van der Waals surface area contributed by atoms with E-state index in [1.807, 2.05) is 12.1 Å². The van der Waals surface area contributed by atoms with Gasteiger partial charge in [-0.1, -0.05) is 12.1 Å². The lowest BCUT2D eigenvalue weighted by molar-refractivity contribution is 0.416. The zero-order chi connectivity index (χ0) is 25.0. The molecule has 9 nitrogen and oxygen atoms in total. The molecule has 1 aliphatic heterocycles. The number of anilines is 4. The SMILES string of the molecule is COc1cc(N2CCNCC2)ccc1-c1cnc(N)cc1Nc1ccccc1S(=O)(=O)NC(C)C.Cl. The molecule has 0 amide bonds. The van der Waals surface area contributed by atoms with Crippen molar-refractivity contribution >= 4 is 45.3 Å². The molecular formula is C25H33ClN6O3S. The van der Waals surface area contributed by atoms with E-state index in [9.17, 15) is 8.42 Å². The molecule has 0 aliphatic carbocycles. The lowest BCUT2D eigenvalue weighted by atomic mass is 10.0. The standard InChI is InChI=1S/C25H32N6O3S.ClH/c1-17(2)30-35(32,33)24-7-5-4-6-21(24)29-22-15-25(26)28-16-20(22)19-9-8-18(14-23(19)34-3)31-12-10-27-11-13-31;/h4-9,14-17,27,30H,10-13H2,1-3H3,(H3,26,28,29);1H. The number of sulfonamides is 1. The van der Waals surface area contributed by atoms with Crippen molar-refractivity contribution < 1.29 is 13.2 Å². The molecule has 1 aromatic heterocycles. The number of rotatable bonds is 8. The number of ether oxygens (including phenoxy) is 1. The smallest absolute Gasteiger partial charge is 0.242 e. The van der Waals surface area contributed by atoms with Crippen molar-refractivity contribution in [3.05, 3.63) is 54.7 Å². The first-order valence-electron chi connectivity index (χ1n) is 11.6. The summed E-state index contributed by atoms with van der Waals surface area (Å²) in [4.78, 5) is 6.75. The summed E-state index contributed by atoms with van der Waals surface area (Å²) in [5.41, 5.74) is 9.72. The van der Waals surface area contributed by atoms with Crippen molar-refractivity contribution in [2.24, 2.45) is 0 Å². The molecule has 0 atom stereocenters. The Hall–Kier alpha value is -3.05. The van der Waals surface area contributed by atoms with Gasteiger partial charge in [0.15, 0.2) is 0 Å². The van der Waals surface area contributed by atoms with Crippen LogP contribution < -0.4 is 30.7 Å². The fourth-order valence-corrected chi connectivity index (χ4v) is 5.55. The van der Waals surface area contributed by atoms with Crippen LogP contribution in [-0.4, -0.2) is 52.7 Å². The van der Waals surface area contributed by atoms with Crippen LogP contribution in [0.4, 0.5) is 22.9 Å². The molecule has 1 fully saturated rings. The van der Waals surface area contributed by atoms with Gasteiger partial charge in [0.2, 0.25) is 10.0 Å². The molecule has 3 aromatic rings. The Morgan fingerprint density at radius 3 is 2.47 bits per heavy atom. The van der Waals surface area contributed by atoms with E-state index in [1.165, 1.54) is 0 Å². The quantitative estimate of drug-likeness (QED) is 0.347. The van der Waals surface area contributed by atoms with Crippen LogP contribution in [-0.2, 0) is 10.0 Å². The summed E-state index contributed by atoms with van der Waals surface area (Å²) in [5.74, 6) is 1.01. The van der Waals surface area contributed by atoms with E-state index in [2.05, 4.69) is 31.3 Å². The van der Waals surface area contributed by atoms with E-state index in [-0.39, 0.29) is 23.3 Å². The molecule has 4 rings (SSSR count). The third kappa shape index (κ3) is 6.19. The van der Waals surface area contributed by atoms with Crippen LogP contribution in [0.15, 0.2) is 59.6 Å². The summed E-state index contributed by atoms with van der Waals surface area (Å²) in [7, 11) is -2.09. The Kier molecular flexibility index (Phi) is 9.02. The Labute approximate surface area is 218 Å². The van der Waals surface area contributed by atoms with Crippen molar-refractivity contribution in [1.82, 2.24) is 15.0 Å². The predicted molar refractivity (Wildman–Crippen MR) is 148 cm³/mol. The normalized spacial score (nSPS) is 13.8. The molecule has 36 heavy (non-hydrogen) atoms. The van der Waals surface area contributed by atoms with Crippen LogP contribution in [0.5, 0.6) is 5.75 Å². The van der Waals surface area contributed by atoms with Crippen LogP contribution in [0.25, 0.3) is 11.1 Å². The van der Waals surface area contributed by atoms with Gasteiger partial charge in [0.05, 0.1) is 18.5 Å². The molecule has 0 unspecified atom stereocenters. The van der Waals surface area contributed by atoms with Crippen LogP contribution in [0.3, 0.4) is 0 Å². The number of hydrogen-bond acceptors (Lipinski definition) is 8. The second-order valence-electron chi connectivity index (χ2n) is 8.67. The highest BCUT2D eigenvalue weighted by Crippen LogP contribution is 2.39. The van der Waals surface area contributed by atoms with E-state index in [1.54, 1.807) is 57.5 Å². The predicted octanol–water partition coefficient (Wildman–Crippen LogP) is 3.60. The highest BCUT2D eigenvalue weighted by atomic mass is 35.5. The maximum Gasteiger partial charge on any atom is 0.242 e. The number of halogens is 1. The Morgan fingerprint density at radius 1 is 1.06 bits per heavy atom. The van der Waals surface area contributed by atoms with E-state index in [0.29, 0.717) is 22.9 Å². The average molecular weight is 533 g/mol. The summed E-state index contributed by atoms with van der Waals surface area (Å²) in [5, 5.41) is 6.64. The number of nitrogens with two attached hydrogens (primary N) is 1. The van der Waals surface area contributed by atoms with Crippen LogP contribution in [0.2, 0.25) is 0 Å². The lowest BCUT2D eigenvalue weighted by Crippen LogP contribution is -2.43. The van der Waals surface area contributed by atoms with Gasteiger partial charge in [0, 0.05) is 67.4 Å². The summed E-state index contributed by atoms with van der Waals surface area (Å²) in [6.45, 7) is 7.29. The number of pyridine rings is 1. The molecule has 0 spiro atoms. The summed E-state index contributed by atoms with van der Waals surface area (Å²) in [6, 6.07) is 14.3. The number of hydrogen-bond donors (Lipinski definition) is 4. The van der Waals surface area contributed by atoms with Crippen LogP contribution in [0, 0.1) is 0 Å². The third-order valence-electron chi connectivity index (χ3n) is 5.72. The first-order chi connectivity index (χ1) is 16.8. The first-order valence-corrected chi connectivity index (χ1v) is 13.0. The molecule has 0 saturated carbocycles. The molecule has 2 aromatic carbocycles. The fraction of sp³-hybridized carbons (Fsp3) is 0.320. The van der Waals surface area contributed by atoms with E-state index >= 15 is 0 Å². The number of piperazine rings is 1. The minimum atomic E-state index is -3.72. The molecule has 11 heteroatoms. The number of nitrogens with one attached hydrogen (secondary N) is 3. The minimum Gasteiger partial charge on any atom is -0.496 e. The molecule has 0 bridgehead atoms. The van der Waals surface area contributed by atoms with Gasteiger partial charge in [-0.3, -0.25) is 0 Å². The second-order valence-corrected chi connectivity index (χ2v) is 10.4. The number of nitrogens with zero attached hydrogens (tertiary/aromatic N) is 2. The molecule has 0 radical (unpaired) electrons. The van der Waals surface area contributed by atoms with Gasteiger partial charge in [0.25, 0.3) is 0 Å². The van der Waals surface area contributed by atoms with Gasteiger partial charge >= 0.3 is 0 Å².